The number of hydrogen-bond acceptors (Lipinski definition) is 5. The molecule has 0 saturated carbocycles. The van der Waals surface area contributed by atoms with Gasteiger partial charge in [0.1, 0.15) is 6.04 Å². The van der Waals surface area contributed by atoms with Crippen molar-refractivity contribution in [1.82, 2.24) is 20.2 Å². The molecule has 8 nitrogen and oxygen atoms in total. The van der Waals surface area contributed by atoms with Crippen LogP contribution in [-0.4, -0.2) is 80.2 Å². The van der Waals surface area contributed by atoms with Crippen molar-refractivity contribution in [2.45, 2.75) is 62.4 Å². The highest BCUT2D eigenvalue weighted by atomic mass is 16.2. The molecule has 0 aromatic carbocycles. The molecule has 8 heteroatoms. The lowest BCUT2D eigenvalue weighted by molar-refractivity contribution is -0.133. The second kappa shape index (κ2) is 19.9. The highest BCUT2D eigenvalue weighted by molar-refractivity contribution is 5.81. The molecule has 5 N–H and O–H groups in total. The highest BCUT2D eigenvalue weighted by Gasteiger charge is 2.22. The topological polar surface area (TPSA) is 103 Å². The minimum atomic E-state index is -0.269. The van der Waals surface area contributed by atoms with Crippen molar-refractivity contribution in [2.24, 2.45) is 16.5 Å². The zero-order valence-corrected chi connectivity index (χ0v) is 14.7. The number of aliphatic imine (C=N–C) groups is 1. The molecule has 0 spiro atoms. The predicted octanol–water partition coefficient (Wildman–Crippen LogP) is 1.78. The predicted molar refractivity (Wildman–Crippen MR) is 118 cm³/mol. The van der Waals surface area contributed by atoms with Crippen molar-refractivity contribution in [3.05, 3.63) is 0 Å². The van der Waals surface area contributed by atoms with Gasteiger partial charge in [-0.2, -0.15) is 0 Å². The molecule has 0 aliphatic heterocycles. The van der Waals surface area contributed by atoms with Crippen molar-refractivity contribution in [3.8, 4) is 0 Å². The Hall–Kier alpha value is -1.38. The smallest absolute Gasteiger partial charge is 0.240 e. The molecule has 0 aromatic heterocycles. The van der Waals surface area contributed by atoms with Gasteiger partial charge in [-0.15, -0.1) is 0 Å². The monoisotopic (exact) mass is 379 g/mol. The Morgan fingerprint density at radius 2 is 1.58 bits per heavy atom. The maximum atomic E-state index is 12.3. The Bertz CT molecular complexity index is 344. The van der Waals surface area contributed by atoms with E-state index in [9.17, 15) is 4.79 Å². The van der Waals surface area contributed by atoms with E-state index in [1.807, 2.05) is 7.05 Å². The lowest BCUT2D eigenvalue weighted by Gasteiger charge is -2.31. The van der Waals surface area contributed by atoms with Crippen molar-refractivity contribution in [2.75, 3.05) is 47.4 Å². The summed E-state index contributed by atoms with van der Waals surface area (Å²) < 4.78 is 0. The van der Waals surface area contributed by atoms with Gasteiger partial charge in [0.2, 0.25) is 5.91 Å². The molecule has 0 aliphatic rings. The van der Waals surface area contributed by atoms with Crippen molar-refractivity contribution < 1.29 is 4.79 Å². The maximum Gasteiger partial charge on any atom is 0.240 e. The van der Waals surface area contributed by atoms with E-state index in [4.69, 9.17) is 11.5 Å². The van der Waals surface area contributed by atoms with Crippen molar-refractivity contribution in [3.63, 3.8) is 0 Å². The van der Waals surface area contributed by atoms with Gasteiger partial charge in [0.15, 0.2) is 5.96 Å². The van der Waals surface area contributed by atoms with E-state index >= 15 is 0 Å². The molecule has 1 atom stereocenters. The van der Waals surface area contributed by atoms with Crippen LogP contribution in [0.1, 0.15) is 56.4 Å². The largest absolute Gasteiger partial charge is 0.370 e. The van der Waals surface area contributed by atoms with Gasteiger partial charge >= 0.3 is 0 Å². The van der Waals surface area contributed by atoms with Crippen molar-refractivity contribution >= 4 is 11.9 Å². The Kier molecular flexibility index (Phi) is 27.4. The van der Waals surface area contributed by atoms with E-state index in [-0.39, 0.29) is 47.6 Å². The third kappa shape index (κ3) is 16.1. The van der Waals surface area contributed by atoms with Crippen LogP contribution in [0.4, 0.5) is 0 Å². The van der Waals surface area contributed by atoms with E-state index < -0.39 is 0 Å². The first-order valence-electron chi connectivity index (χ1n) is 7.77. The van der Waals surface area contributed by atoms with Gasteiger partial charge in [-0.25, -0.2) is 10.4 Å². The van der Waals surface area contributed by atoms with Gasteiger partial charge in [-0.05, 0) is 26.4 Å². The molecule has 0 heterocycles. The van der Waals surface area contributed by atoms with Crippen LogP contribution in [0.3, 0.4) is 0 Å². The van der Waals surface area contributed by atoms with E-state index in [1.165, 1.54) is 0 Å². The molecule has 0 aliphatic carbocycles. The fourth-order valence-electron chi connectivity index (χ4n) is 1.90. The minimum Gasteiger partial charge on any atom is -0.370 e. The van der Waals surface area contributed by atoms with Crippen LogP contribution in [-0.2, 0) is 4.79 Å². The first kappa shape index (κ1) is 35.7. The van der Waals surface area contributed by atoms with Gasteiger partial charge in [0.05, 0.1) is 6.67 Å². The summed E-state index contributed by atoms with van der Waals surface area (Å²) in [6.07, 6.45) is 1.43. The average molecular weight is 380 g/mol. The quantitative estimate of drug-likeness (QED) is 0.166. The molecule has 0 rings (SSSR count). The van der Waals surface area contributed by atoms with Crippen LogP contribution in [0.2, 0.25) is 0 Å². The molecule has 0 unspecified atom stereocenters. The number of nitrogens with two attached hydrogens (primary N) is 2. The van der Waals surface area contributed by atoms with E-state index in [0.29, 0.717) is 13.0 Å². The lowest BCUT2D eigenvalue weighted by atomic mass is 10.1. The summed E-state index contributed by atoms with van der Waals surface area (Å²) >= 11 is 0. The molecule has 26 heavy (non-hydrogen) atoms. The normalized spacial score (nSPS) is 10.6. The third-order valence-electron chi connectivity index (χ3n) is 3.36. The van der Waals surface area contributed by atoms with E-state index in [2.05, 4.69) is 34.2 Å². The minimum absolute atomic E-state index is 0. The number of likely N-dealkylation sites (N-methyl/N-ethyl adjacent to an activating group) is 1. The van der Waals surface area contributed by atoms with Crippen molar-refractivity contribution in [1.29, 1.82) is 0 Å². The molecular formula is C18H49N7O. The lowest BCUT2D eigenvalue weighted by Crippen LogP contribution is -2.54. The number of nitrogens with one attached hydrogen (secondary N) is 1. The van der Waals surface area contributed by atoms with E-state index in [1.54, 1.807) is 19.0 Å². The van der Waals surface area contributed by atoms with Crippen LogP contribution >= 0.6 is 0 Å². The Morgan fingerprint density at radius 3 is 1.96 bits per heavy atom. The number of hydrogen-bond donors (Lipinski definition) is 3. The molecular weight excluding hydrogens is 330 g/mol. The summed E-state index contributed by atoms with van der Waals surface area (Å²) in [6, 6.07) is -0.269. The standard InChI is InChI=1S/C14H33N7O.4CH4/c1-6-20(5)11-21(7-2)18-12(13(22)19(3)4)9-8-10-17-14(15)16;;;;/h12,18H,6-11H2,1-5H3,(H4,15,16,17);4*1H4/t12-;;;;/m0..../s1. The second-order valence-corrected chi connectivity index (χ2v) is 5.53. The molecule has 0 radical (unpaired) electrons. The summed E-state index contributed by atoms with van der Waals surface area (Å²) in [6.45, 7) is 7.23. The van der Waals surface area contributed by atoms with Gasteiger partial charge in [0.25, 0.3) is 0 Å². The molecule has 0 fully saturated rings. The summed E-state index contributed by atoms with van der Waals surface area (Å²) in [7, 11) is 5.58. The van der Waals surface area contributed by atoms with E-state index in [0.717, 1.165) is 26.2 Å². The first-order valence-corrected chi connectivity index (χ1v) is 7.77. The average Bonchev–Trinajstić information content (AvgIpc) is 2.47. The number of rotatable bonds is 11. The number of nitrogens with zero attached hydrogens (tertiary/aromatic N) is 4. The highest BCUT2D eigenvalue weighted by Crippen LogP contribution is 2.03. The van der Waals surface area contributed by atoms with Gasteiger partial charge in [-0.3, -0.25) is 14.7 Å². The zero-order valence-electron chi connectivity index (χ0n) is 14.7. The SMILES string of the molecule is C.C.C.C.CCN(C)CN(CC)N[C@@H](CCCN=C(N)N)C(=O)N(C)C. The fourth-order valence-corrected chi connectivity index (χ4v) is 1.90. The summed E-state index contributed by atoms with van der Waals surface area (Å²) in [5.41, 5.74) is 14.0. The van der Waals surface area contributed by atoms with Crippen LogP contribution in [0.25, 0.3) is 0 Å². The van der Waals surface area contributed by atoms with Crippen LogP contribution in [0, 0.1) is 0 Å². The molecule has 0 bridgehead atoms. The fraction of sp³-hybridized carbons (Fsp3) is 0.889. The summed E-state index contributed by atoms with van der Waals surface area (Å²) in [5.74, 6) is 0.144. The first-order chi connectivity index (χ1) is 10.3. The Labute approximate surface area is 164 Å². The Morgan fingerprint density at radius 1 is 1.04 bits per heavy atom. The van der Waals surface area contributed by atoms with Crippen LogP contribution in [0.15, 0.2) is 4.99 Å². The number of hydrazine groups is 1. The maximum absolute atomic E-state index is 12.3. The molecule has 0 saturated heterocycles. The Balaban J connectivity index is -0.000000367. The zero-order chi connectivity index (χ0) is 17.1. The van der Waals surface area contributed by atoms with Gasteiger partial charge in [0, 0.05) is 27.2 Å². The molecule has 162 valence electrons. The number of amides is 1. The number of carbonyl (C=O) groups excluding carboxylic acids is 1. The summed E-state index contributed by atoms with van der Waals surface area (Å²) in [4.78, 5) is 20.1. The molecule has 0 aromatic rings. The van der Waals surface area contributed by atoms with Crippen LogP contribution in [0.5, 0.6) is 0 Å². The van der Waals surface area contributed by atoms with Gasteiger partial charge in [-0.1, -0.05) is 43.6 Å². The number of guanidine groups is 1. The molecule has 1 amide bonds. The van der Waals surface area contributed by atoms with Crippen LogP contribution < -0.4 is 16.9 Å². The third-order valence-corrected chi connectivity index (χ3v) is 3.36. The second-order valence-electron chi connectivity index (χ2n) is 5.53. The van der Waals surface area contributed by atoms with Gasteiger partial charge < -0.3 is 16.4 Å². The summed E-state index contributed by atoms with van der Waals surface area (Å²) in [5, 5.41) is 2.05. The number of carbonyl (C=O) groups is 1.